The maximum atomic E-state index is 6.22. The lowest BCUT2D eigenvalue weighted by molar-refractivity contribution is 0.669. The van der Waals surface area contributed by atoms with Crippen molar-refractivity contribution in [1.29, 1.82) is 0 Å². The summed E-state index contributed by atoms with van der Waals surface area (Å²) < 4.78 is 8.60. The fourth-order valence-corrected chi connectivity index (χ4v) is 7.66. The lowest BCUT2D eigenvalue weighted by Gasteiger charge is -2.26. The first-order valence-electron chi connectivity index (χ1n) is 17.4. The van der Waals surface area contributed by atoms with Crippen LogP contribution >= 0.6 is 0 Å². The van der Waals surface area contributed by atoms with Gasteiger partial charge in [0.15, 0.2) is 0 Å². The van der Waals surface area contributed by atoms with Crippen molar-refractivity contribution < 1.29 is 4.42 Å². The molecule has 3 heteroatoms. The van der Waals surface area contributed by atoms with Gasteiger partial charge in [0.2, 0.25) is 0 Å². The predicted octanol–water partition coefficient (Wildman–Crippen LogP) is 13.5. The van der Waals surface area contributed by atoms with Gasteiger partial charge in [0.05, 0.1) is 11.0 Å². The summed E-state index contributed by atoms with van der Waals surface area (Å²) in [6.45, 7) is 0. The Bertz CT molecular complexity index is 2790. The minimum absolute atomic E-state index is 0.903. The summed E-state index contributed by atoms with van der Waals surface area (Å²) in [5.74, 6) is 0. The zero-order chi connectivity index (χ0) is 33.7. The Morgan fingerprint density at radius 2 is 0.922 bits per heavy atom. The van der Waals surface area contributed by atoms with Crippen LogP contribution in [0.1, 0.15) is 0 Å². The van der Waals surface area contributed by atoms with E-state index < -0.39 is 0 Å². The first kappa shape index (κ1) is 29.1. The lowest BCUT2D eigenvalue weighted by atomic mass is 9.99. The molecule has 2 aromatic heterocycles. The van der Waals surface area contributed by atoms with Gasteiger partial charge in [-0.1, -0.05) is 127 Å². The van der Waals surface area contributed by atoms with E-state index in [4.69, 9.17) is 4.42 Å². The Balaban J connectivity index is 1.12. The number of hydrogen-bond acceptors (Lipinski definition) is 2. The van der Waals surface area contributed by atoms with Crippen LogP contribution in [-0.4, -0.2) is 4.57 Å². The molecule has 0 aliphatic rings. The van der Waals surface area contributed by atoms with Gasteiger partial charge in [0.1, 0.15) is 11.2 Å². The van der Waals surface area contributed by atoms with Gasteiger partial charge in [0.25, 0.3) is 0 Å². The Morgan fingerprint density at radius 1 is 0.373 bits per heavy atom. The number of hydrogen-bond donors (Lipinski definition) is 0. The van der Waals surface area contributed by atoms with Crippen molar-refractivity contribution in [2.24, 2.45) is 0 Å². The molecule has 0 spiro atoms. The first-order valence-corrected chi connectivity index (χ1v) is 17.4. The van der Waals surface area contributed by atoms with Crippen LogP contribution < -0.4 is 4.90 Å². The number of aromatic nitrogens is 1. The van der Waals surface area contributed by atoms with E-state index in [2.05, 4.69) is 191 Å². The third-order valence-corrected chi connectivity index (χ3v) is 10.00. The molecule has 10 rings (SSSR count). The highest BCUT2D eigenvalue weighted by atomic mass is 16.3. The van der Waals surface area contributed by atoms with Crippen molar-refractivity contribution in [1.82, 2.24) is 4.57 Å². The number of para-hydroxylation sites is 3. The summed E-state index contributed by atoms with van der Waals surface area (Å²) in [5, 5.41) is 4.79. The van der Waals surface area contributed by atoms with Crippen LogP contribution in [-0.2, 0) is 0 Å². The zero-order valence-corrected chi connectivity index (χ0v) is 27.8. The number of fused-ring (bicyclic) bond motifs is 6. The summed E-state index contributed by atoms with van der Waals surface area (Å²) in [7, 11) is 0. The van der Waals surface area contributed by atoms with E-state index in [-0.39, 0.29) is 0 Å². The largest absolute Gasteiger partial charge is 0.456 e. The molecule has 3 nitrogen and oxygen atoms in total. The van der Waals surface area contributed by atoms with Gasteiger partial charge in [-0.15, -0.1) is 0 Å². The zero-order valence-electron chi connectivity index (χ0n) is 27.8. The quantitative estimate of drug-likeness (QED) is 0.178. The van der Waals surface area contributed by atoms with Gasteiger partial charge in [-0.05, 0) is 89.0 Å². The molecule has 0 radical (unpaired) electrons. The molecule has 0 aliphatic carbocycles. The molecule has 0 bridgehead atoms. The summed E-state index contributed by atoms with van der Waals surface area (Å²) in [6, 6.07) is 69.2. The first-order chi connectivity index (χ1) is 25.3. The fraction of sp³-hybridized carbons (Fsp3) is 0. The molecule has 10 aromatic rings. The fourth-order valence-electron chi connectivity index (χ4n) is 7.66. The van der Waals surface area contributed by atoms with Crippen LogP contribution in [0.15, 0.2) is 199 Å². The van der Waals surface area contributed by atoms with E-state index in [1.54, 1.807) is 0 Å². The Kier molecular flexibility index (Phi) is 6.81. The average Bonchev–Trinajstić information content (AvgIpc) is 3.75. The molecule has 8 aromatic carbocycles. The normalized spacial score (nSPS) is 11.5. The molecule has 0 fully saturated rings. The second-order valence-electron chi connectivity index (χ2n) is 13.0. The van der Waals surface area contributed by atoms with E-state index in [1.807, 2.05) is 12.1 Å². The summed E-state index contributed by atoms with van der Waals surface area (Å²) >= 11 is 0. The number of anilines is 3. The van der Waals surface area contributed by atoms with E-state index in [1.165, 1.54) is 32.9 Å². The molecule has 0 aliphatic heterocycles. The second-order valence-corrected chi connectivity index (χ2v) is 13.0. The van der Waals surface area contributed by atoms with Crippen molar-refractivity contribution in [3.05, 3.63) is 194 Å². The summed E-state index contributed by atoms with van der Waals surface area (Å²) in [6.07, 6.45) is 0. The maximum Gasteiger partial charge on any atom is 0.136 e. The minimum Gasteiger partial charge on any atom is -0.456 e. The third-order valence-electron chi connectivity index (χ3n) is 10.00. The topological polar surface area (TPSA) is 21.3 Å². The molecule has 240 valence electrons. The molecule has 0 saturated heterocycles. The SMILES string of the molecule is c1ccc(-c2ccc(N(c3ccc(-c4cccc5oc6ccccc6c45)cc3)c3cccc(-n4c5ccccc5c5ccccc54)c3)cc2)cc1. The Labute approximate surface area is 295 Å². The van der Waals surface area contributed by atoms with Crippen LogP contribution in [0.25, 0.3) is 71.7 Å². The number of furan rings is 1. The molecule has 0 N–H and O–H groups in total. The van der Waals surface area contributed by atoms with Crippen molar-refractivity contribution in [2.75, 3.05) is 4.90 Å². The van der Waals surface area contributed by atoms with Crippen LogP contribution in [0, 0.1) is 0 Å². The average molecular weight is 653 g/mol. The monoisotopic (exact) mass is 652 g/mol. The van der Waals surface area contributed by atoms with Crippen LogP contribution in [0.5, 0.6) is 0 Å². The van der Waals surface area contributed by atoms with E-state index in [9.17, 15) is 0 Å². The lowest BCUT2D eigenvalue weighted by Crippen LogP contribution is -2.10. The third kappa shape index (κ3) is 4.90. The van der Waals surface area contributed by atoms with E-state index in [0.717, 1.165) is 55.8 Å². The molecule has 0 amide bonds. The minimum atomic E-state index is 0.903. The molecule has 2 heterocycles. The van der Waals surface area contributed by atoms with Crippen LogP contribution in [0.2, 0.25) is 0 Å². The Morgan fingerprint density at radius 3 is 1.63 bits per heavy atom. The van der Waals surface area contributed by atoms with Gasteiger partial charge in [-0.25, -0.2) is 0 Å². The van der Waals surface area contributed by atoms with Crippen LogP contribution in [0.4, 0.5) is 17.1 Å². The van der Waals surface area contributed by atoms with E-state index in [0.29, 0.717) is 0 Å². The second kappa shape index (κ2) is 11.9. The van der Waals surface area contributed by atoms with Gasteiger partial charge in [-0.3, -0.25) is 0 Å². The maximum absolute atomic E-state index is 6.22. The van der Waals surface area contributed by atoms with Gasteiger partial charge in [-0.2, -0.15) is 0 Å². The number of rotatable bonds is 6. The Hall–Kier alpha value is -6.84. The molecule has 0 saturated carbocycles. The van der Waals surface area contributed by atoms with Crippen molar-refractivity contribution in [3.63, 3.8) is 0 Å². The molecule has 0 unspecified atom stereocenters. The summed E-state index contributed by atoms with van der Waals surface area (Å²) in [4.78, 5) is 2.35. The molecular formula is C48H32N2O. The van der Waals surface area contributed by atoms with Crippen molar-refractivity contribution >= 4 is 60.8 Å². The van der Waals surface area contributed by atoms with Crippen molar-refractivity contribution in [3.8, 4) is 27.9 Å². The van der Waals surface area contributed by atoms with Gasteiger partial charge >= 0.3 is 0 Å². The smallest absolute Gasteiger partial charge is 0.136 e. The highest BCUT2D eigenvalue weighted by Gasteiger charge is 2.18. The van der Waals surface area contributed by atoms with Gasteiger partial charge in [0, 0.05) is 44.3 Å². The predicted molar refractivity (Wildman–Crippen MR) is 214 cm³/mol. The molecule has 0 atom stereocenters. The molecular weight excluding hydrogens is 621 g/mol. The van der Waals surface area contributed by atoms with Crippen LogP contribution in [0.3, 0.4) is 0 Å². The standard InChI is InChI=1S/C48H32N2O/c1-2-12-33(13-3-1)34-24-28-36(29-25-34)49(37-30-26-35(27-31-37)40-19-11-23-47-48(40)43-18-6-9-22-46(43)51-47)38-14-10-15-39(32-38)50-44-20-7-4-16-41(44)42-17-5-8-21-45(42)50/h1-32H. The van der Waals surface area contributed by atoms with Crippen molar-refractivity contribution in [2.45, 2.75) is 0 Å². The van der Waals surface area contributed by atoms with Gasteiger partial charge < -0.3 is 13.9 Å². The van der Waals surface area contributed by atoms with E-state index >= 15 is 0 Å². The highest BCUT2D eigenvalue weighted by Crippen LogP contribution is 2.41. The number of nitrogens with zero attached hydrogens (tertiary/aromatic N) is 2. The number of benzene rings is 8. The summed E-state index contributed by atoms with van der Waals surface area (Å²) in [5.41, 5.74) is 13.3. The highest BCUT2D eigenvalue weighted by molar-refractivity contribution is 6.12. The molecule has 51 heavy (non-hydrogen) atoms.